The molecule has 2 aromatic heterocycles. The van der Waals surface area contributed by atoms with Crippen molar-refractivity contribution in [3.63, 3.8) is 0 Å². The lowest BCUT2D eigenvalue weighted by Crippen LogP contribution is -2.43. The Bertz CT molecular complexity index is 835. The summed E-state index contributed by atoms with van der Waals surface area (Å²) in [6, 6.07) is 5.86. The Kier molecular flexibility index (Phi) is 5.31. The number of piperidine rings is 1. The minimum absolute atomic E-state index is 0.104. The van der Waals surface area contributed by atoms with Gasteiger partial charge < -0.3 is 14.6 Å². The molecular formula is C16H15BrN4O5. The monoisotopic (exact) mass is 422 g/mol. The zero-order valence-electron chi connectivity index (χ0n) is 13.6. The van der Waals surface area contributed by atoms with Gasteiger partial charge in [-0.2, -0.15) is 0 Å². The van der Waals surface area contributed by atoms with E-state index in [-0.39, 0.29) is 24.1 Å². The highest BCUT2D eigenvalue weighted by atomic mass is 79.9. The molecule has 0 aromatic carbocycles. The second kappa shape index (κ2) is 7.65. The number of anilines is 1. The summed E-state index contributed by atoms with van der Waals surface area (Å²) in [5.41, 5.74) is 0. The van der Waals surface area contributed by atoms with Crippen LogP contribution in [0, 0.1) is 16.0 Å². The molecule has 1 fully saturated rings. The first-order chi connectivity index (χ1) is 12.4. The molecule has 136 valence electrons. The lowest BCUT2D eigenvalue weighted by Gasteiger charge is -2.31. The molecule has 0 aliphatic carbocycles. The van der Waals surface area contributed by atoms with Crippen LogP contribution in [0.2, 0.25) is 0 Å². The molecule has 26 heavy (non-hydrogen) atoms. The summed E-state index contributed by atoms with van der Waals surface area (Å²) in [5.74, 6) is -1.22. The summed E-state index contributed by atoms with van der Waals surface area (Å²) < 4.78 is 5.76. The van der Waals surface area contributed by atoms with Crippen molar-refractivity contribution in [2.45, 2.75) is 12.8 Å². The summed E-state index contributed by atoms with van der Waals surface area (Å²) in [7, 11) is 0. The Morgan fingerprint density at radius 3 is 2.81 bits per heavy atom. The number of likely N-dealkylation sites (tertiary alicyclic amines) is 1. The van der Waals surface area contributed by atoms with Gasteiger partial charge in [-0.25, -0.2) is 4.98 Å². The van der Waals surface area contributed by atoms with Crippen LogP contribution in [0.4, 0.5) is 11.7 Å². The van der Waals surface area contributed by atoms with Crippen molar-refractivity contribution in [1.29, 1.82) is 0 Å². The summed E-state index contributed by atoms with van der Waals surface area (Å²) in [4.78, 5) is 40.4. The Balaban J connectivity index is 1.64. The predicted molar refractivity (Wildman–Crippen MR) is 94.6 cm³/mol. The molecule has 0 saturated carbocycles. The number of furan rings is 1. The van der Waals surface area contributed by atoms with E-state index in [0.717, 1.165) is 10.5 Å². The van der Waals surface area contributed by atoms with Crippen LogP contribution in [0.1, 0.15) is 23.4 Å². The SMILES string of the molecule is O=C(Nc1ccc(Br)cn1)C1CCCN(C(=O)c2ccc([N+](=O)[O-])o2)C1. The van der Waals surface area contributed by atoms with Crippen molar-refractivity contribution in [2.24, 2.45) is 5.92 Å². The maximum Gasteiger partial charge on any atom is 0.433 e. The van der Waals surface area contributed by atoms with Gasteiger partial charge >= 0.3 is 5.88 Å². The molecule has 1 aliphatic rings. The molecular weight excluding hydrogens is 408 g/mol. The minimum atomic E-state index is -0.700. The number of pyridine rings is 1. The summed E-state index contributed by atoms with van der Waals surface area (Å²) in [6.45, 7) is 0.684. The van der Waals surface area contributed by atoms with Crippen LogP contribution in [0.3, 0.4) is 0 Å². The van der Waals surface area contributed by atoms with E-state index in [1.54, 1.807) is 18.3 Å². The highest BCUT2D eigenvalue weighted by Crippen LogP contribution is 2.23. The van der Waals surface area contributed by atoms with Crippen LogP contribution >= 0.6 is 15.9 Å². The molecule has 2 amide bonds. The second-order valence-electron chi connectivity index (χ2n) is 5.84. The third-order valence-corrected chi connectivity index (χ3v) is 4.51. The van der Waals surface area contributed by atoms with Crippen LogP contribution in [-0.4, -0.2) is 39.7 Å². The second-order valence-corrected chi connectivity index (χ2v) is 6.75. The molecule has 1 atom stereocenters. The van der Waals surface area contributed by atoms with Gasteiger partial charge in [0.05, 0.1) is 12.0 Å². The molecule has 1 saturated heterocycles. The third kappa shape index (κ3) is 4.07. The van der Waals surface area contributed by atoms with Crippen LogP contribution in [0.15, 0.2) is 39.4 Å². The Morgan fingerprint density at radius 1 is 1.35 bits per heavy atom. The van der Waals surface area contributed by atoms with Crippen LogP contribution in [0.25, 0.3) is 0 Å². The Hall–Kier alpha value is -2.75. The lowest BCUT2D eigenvalue weighted by atomic mass is 9.97. The third-order valence-electron chi connectivity index (χ3n) is 4.04. The molecule has 1 unspecified atom stereocenters. The van der Waals surface area contributed by atoms with E-state index >= 15 is 0 Å². The lowest BCUT2D eigenvalue weighted by molar-refractivity contribution is -0.402. The van der Waals surface area contributed by atoms with Crippen molar-refractivity contribution >= 4 is 39.4 Å². The van der Waals surface area contributed by atoms with Crippen molar-refractivity contribution in [3.8, 4) is 0 Å². The number of amides is 2. The number of nitro groups is 1. The molecule has 2 aromatic rings. The van der Waals surface area contributed by atoms with E-state index in [0.29, 0.717) is 25.2 Å². The maximum atomic E-state index is 12.5. The van der Waals surface area contributed by atoms with Gasteiger partial charge in [-0.3, -0.25) is 19.7 Å². The number of carbonyl (C=O) groups is 2. The molecule has 1 N–H and O–H groups in total. The highest BCUT2D eigenvalue weighted by molar-refractivity contribution is 9.10. The number of aromatic nitrogens is 1. The average Bonchev–Trinajstić information content (AvgIpc) is 3.13. The van der Waals surface area contributed by atoms with E-state index < -0.39 is 16.7 Å². The fourth-order valence-electron chi connectivity index (χ4n) is 2.75. The molecule has 9 nitrogen and oxygen atoms in total. The maximum absolute atomic E-state index is 12.5. The van der Waals surface area contributed by atoms with Gasteiger partial charge in [0.25, 0.3) is 5.91 Å². The first kappa shape index (κ1) is 18.1. The molecule has 3 rings (SSSR count). The number of hydrogen-bond donors (Lipinski definition) is 1. The minimum Gasteiger partial charge on any atom is -0.395 e. The number of rotatable bonds is 4. The molecule has 0 bridgehead atoms. The predicted octanol–water partition coefficient (Wildman–Crippen LogP) is 2.84. The first-order valence-electron chi connectivity index (χ1n) is 7.90. The van der Waals surface area contributed by atoms with Crippen LogP contribution < -0.4 is 5.32 Å². The number of halogens is 1. The zero-order valence-corrected chi connectivity index (χ0v) is 15.1. The van der Waals surface area contributed by atoms with E-state index in [2.05, 4.69) is 26.2 Å². The number of carbonyl (C=O) groups excluding carboxylic acids is 2. The summed E-state index contributed by atoms with van der Waals surface area (Å²) >= 11 is 3.27. The van der Waals surface area contributed by atoms with E-state index in [4.69, 9.17) is 4.42 Å². The summed E-state index contributed by atoms with van der Waals surface area (Å²) in [6.07, 6.45) is 2.88. The summed E-state index contributed by atoms with van der Waals surface area (Å²) in [5, 5.41) is 13.4. The van der Waals surface area contributed by atoms with Gasteiger partial charge in [0.15, 0.2) is 5.76 Å². The number of nitrogens with one attached hydrogen (secondary N) is 1. The normalized spacial score (nSPS) is 17.0. The van der Waals surface area contributed by atoms with E-state index in [9.17, 15) is 19.7 Å². The molecule has 1 aliphatic heterocycles. The van der Waals surface area contributed by atoms with Crippen molar-refractivity contribution in [1.82, 2.24) is 9.88 Å². The first-order valence-corrected chi connectivity index (χ1v) is 8.69. The van der Waals surface area contributed by atoms with Gasteiger partial charge in [0.2, 0.25) is 5.91 Å². The molecule has 0 spiro atoms. The van der Waals surface area contributed by atoms with Gasteiger partial charge in [-0.05, 0) is 47.0 Å². The molecule has 3 heterocycles. The highest BCUT2D eigenvalue weighted by Gasteiger charge is 2.31. The number of hydrogen-bond acceptors (Lipinski definition) is 6. The topological polar surface area (TPSA) is 119 Å². The standard InChI is InChI=1S/C16H15BrN4O5/c17-11-3-5-13(18-8-11)19-15(22)10-2-1-7-20(9-10)16(23)12-4-6-14(26-12)21(24)25/h3-6,8,10H,1-2,7,9H2,(H,18,19,22). The smallest absolute Gasteiger partial charge is 0.395 e. The van der Waals surface area contributed by atoms with Gasteiger partial charge in [-0.1, -0.05) is 0 Å². The molecule has 0 radical (unpaired) electrons. The average molecular weight is 423 g/mol. The van der Waals surface area contributed by atoms with E-state index in [1.807, 2.05) is 0 Å². The fraction of sp³-hybridized carbons (Fsp3) is 0.312. The van der Waals surface area contributed by atoms with Crippen LogP contribution in [-0.2, 0) is 4.79 Å². The van der Waals surface area contributed by atoms with Crippen LogP contribution in [0.5, 0.6) is 0 Å². The fourth-order valence-corrected chi connectivity index (χ4v) is 2.98. The quantitative estimate of drug-likeness (QED) is 0.597. The number of nitrogens with zero attached hydrogens (tertiary/aromatic N) is 3. The molecule has 10 heteroatoms. The largest absolute Gasteiger partial charge is 0.433 e. The zero-order chi connectivity index (χ0) is 18.7. The van der Waals surface area contributed by atoms with Gasteiger partial charge in [-0.15, -0.1) is 0 Å². The van der Waals surface area contributed by atoms with Crippen molar-refractivity contribution in [2.75, 3.05) is 18.4 Å². The van der Waals surface area contributed by atoms with Gasteiger partial charge in [0, 0.05) is 23.8 Å². The Morgan fingerprint density at radius 2 is 2.15 bits per heavy atom. The van der Waals surface area contributed by atoms with Gasteiger partial charge in [0.1, 0.15) is 10.7 Å². The van der Waals surface area contributed by atoms with E-state index in [1.165, 1.54) is 11.0 Å². The van der Waals surface area contributed by atoms with Crippen molar-refractivity contribution in [3.05, 3.63) is 50.8 Å². The Labute approximate surface area is 156 Å². The van der Waals surface area contributed by atoms with Crippen molar-refractivity contribution < 1.29 is 18.9 Å².